The molecule has 168 valence electrons. The second kappa shape index (κ2) is 11.6. The van der Waals surface area contributed by atoms with Crippen LogP contribution in [-0.4, -0.2) is 55.6 Å². The lowest BCUT2D eigenvalue weighted by Crippen LogP contribution is -2.46. The van der Waals surface area contributed by atoms with Gasteiger partial charge in [0.1, 0.15) is 6.04 Å². The first-order chi connectivity index (χ1) is 14.7. The summed E-state index contributed by atoms with van der Waals surface area (Å²) in [5.74, 6) is -1.34. The number of sulfonamides is 1. The van der Waals surface area contributed by atoms with E-state index in [0.717, 1.165) is 5.56 Å². The van der Waals surface area contributed by atoms with Crippen LogP contribution in [0.1, 0.15) is 36.2 Å². The van der Waals surface area contributed by atoms with Crippen molar-refractivity contribution in [1.82, 2.24) is 14.6 Å². The van der Waals surface area contributed by atoms with E-state index >= 15 is 0 Å². The Hall–Kier alpha value is -2.78. The number of aromatic nitrogens is 1. The van der Waals surface area contributed by atoms with Gasteiger partial charge in [-0.3, -0.25) is 14.6 Å². The fourth-order valence-corrected chi connectivity index (χ4v) is 4.39. The predicted octanol–water partition coefficient (Wildman–Crippen LogP) is 2.23. The zero-order chi connectivity index (χ0) is 22.9. The Morgan fingerprint density at radius 1 is 1.13 bits per heavy atom. The van der Waals surface area contributed by atoms with Gasteiger partial charge in [-0.1, -0.05) is 44.2 Å². The van der Waals surface area contributed by atoms with Crippen LogP contribution in [0.15, 0.2) is 54.9 Å². The third-order valence-electron chi connectivity index (χ3n) is 4.68. The number of esters is 1. The number of carbonyl (C=O) groups excluding carboxylic acids is 2. The van der Waals surface area contributed by atoms with Gasteiger partial charge in [0.2, 0.25) is 10.0 Å². The number of pyridine rings is 1. The lowest BCUT2D eigenvalue weighted by atomic mass is 10.1. The topological polar surface area (TPSA) is 106 Å². The summed E-state index contributed by atoms with van der Waals surface area (Å²) in [5, 5.41) is 0. The zero-order valence-electron chi connectivity index (χ0n) is 18.0. The number of rotatable bonds is 11. The van der Waals surface area contributed by atoms with E-state index in [1.54, 1.807) is 37.1 Å². The SMILES string of the molecule is COC(=O)C(NS(=O)(=O)CCCN(Cc1ccccc1)C(=O)c1cccnc1)C(C)C. The van der Waals surface area contributed by atoms with E-state index in [4.69, 9.17) is 0 Å². The summed E-state index contributed by atoms with van der Waals surface area (Å²) in [7, 11) is -2.52. The molecule has 2 aromatic rings. The average Bonchev–Trinajstić information content (AvgIpc) is 2.77. The van der Waals surface area contributed by atoms with Crippen molar-refractivity contribution in [2.24, 2.45) is 5.92 Å². The molecule has 1 N–H and O–H groups in total. The molecule has 0 bridgehead atoms. The molecule has 1 aromatic heterocycles. The van der Waals surface area contributed by atoms with Crippen LogP contribution in [0, 0.1) is 5.92 Å². The predicted molar refractivity (Wildman–Crippen MR) is 118 cm³/mol. The average molecular weight is 448 g/mol. The molecule has 1 heterocycles. The van der Waals surface area contributed by atoms with Crippen LogP contribution in [0.25, 0.3) is 0 Å². The summed E-state index contributed by atoms with van der Waals surface area (Å²) < 4.78 is 32.1. The highest BCUT2D eigenvalue weighted by atomic mass is 32.2. The highest BCUT2D eigenvalue weighted by Gasteiger charge is 2.28. The summed E-state index contributed by atoms with van der Waals surface area (Å²) >= 11 is 0. The molecule has 0 aliphatic rings. The molecule has 0 radical (unpaired) electrons. The number of amides is 1. The number of nitrogens with zero attached hydrogens (tertiary/aromatic N) is 2. The summed E-state index contributed by atoms with van der Waals surface area (Å²) in [6.45, 7) is 4.05. The molecule has 1 amide bonds. The normalized spacial score (nSPS) is 12.4. The first-order valence-electron chi connectivity index (χ1n) is 10.0. The molecule has 1 aromatic carbocycles. The quantitative estimate of drug-likeness (QED) is 0.530. The summed E-state index contributed by atoms with van der Waals surface area (Å²) in [5.41, 5.74) is 1.37. The maximum Gasteiger partial charge on any atom is 0.324 e. The number of hydrogen-bond acceptors (Lipinski definition) is 6. The van der Waals surface area contributed by atoms with Gasteiger partial charge in [-0.2, -0.15) is 0 Å². The van der Waals surface area contributed by atoms with Gasteiger partial charge in [-0.25, -0.2) is 13.1 Å². The van der Waals surface area contributed by atoms with E-state index in [2.05, 4.69) is 14.4 Å². The van der Waals surface area contributed by atoms with Crippen molar-refractivity contribution in [1.29, 1.82) is 0 Å². The van der Waals surface area contributed by atoms with Gasteiger partial charge < -0.3 is 9.64 Å². The third kappa shape index (κ3) is 7.76. The van der Waals surface area contributed by atoms with Crippen molar-refractivity contribution in [3.8, 4) is 0 Å². The second-order valence-corrected chi connectivity index (χ2v) is 9.36. The molecule has 2 rings (SSSR count). The molecular weight excluding hydrogens is 418 g/mol. The molecule has 8 nitrogen and oxygen atoms in total. The third-order valence-corrected chi connectivity index (χ3v) is 6.12. The summed E-state index contributed by atoms with van der Waals surface area (Å²) in [6, 6.07) is 11.9. The Balaban J connectivity index is 2.07. The van der Waals surface area contributed by atoms with Gasteiger partial charge in [0, 0.05) is 25.5 Å². The smallest absolute Gasteiger partial charge is 0.324 e. The number of ether oxygens (including phenoxy) is 1. The first kappa shape index (κ1) is 24.5. The van der Waals surface area contributed by atoms with Crippen LogP contribution >= 0.6 is 0 Å². The van der Waals surface area contributed by atoms with Gasteiger partial charge in [-0.15, -0.1) is 0 Å². The van der Waals surface area contributed by atoms with Crippen LogP contribution < -0.4 is 4.72 Å². The monoisotopic (exact) mass is 447 g/mol. The number of benzene rings is 1. The molecule has 0 aliphatic heterocycles. The molecular formula is C22H29N3O5S. The fraction of sp³-hybridized carbons (Fsp3) is 0.409. The minimum Gasteiger partial charge on any atom is -0.468 e. The number of methoxy groups -OCH3 is 1. The summed E-state index contributed by atoms with van der Waals surface area (Å²) in [4.78, 5) is 30.4. The van der Waals surface area contributed by atoms with Gasteiger partial charge in [-0.05, 0) is 30.0 Å². The highest BCUT2D eigenvalue weighted by molar-refractivity contribution is 7.89. The maximum atomic E-state index is 13.0. The number of carbonyl (C=O) groups is 2. The largest absolute Gasteiger partial charge is 0.468 e. The number of hydrogen-bond donors (Lipinski definition) is 1. The van der Waals surface area contributed by atoms with E-state index in [9.17, 15) is 18.0 Å². The highest BCUT2D eigenvalue weighted by Crippen LogP contribution is 2.11. The maximum absolute atomic E-state index is 13.0. The van der Waals surface area contributed by atoms with E-state index in [0.29, 0.717) is 12.1 Å². The van der Waals surface area contributed by atoms with E-state index in [1.807, 2.05) is 30.3 Å². The van der Waals surface area contributed by atoms with Gasteiger partial charge in [0.15, 0.2) is 0 Å². The standard InChI is InChI=1S/C22H29N3O5S/c1-17(2)20(22(27)30-3)24-31(28,29)14-8-13-25(16-18-9-5-4-6-10-18)21(26)19-11-7-12-23-15-19/h4-7,9-12,15,17,20,24H,8,13-14,16H2,1-3H3. The Labute approximate surface area is 183 Å². The van der Waals surface area contributed by atoms with Gasteiger partial charge in [0.25, 0.3) is 5.91 Å². The van der Waals surface area contributed by atoms with Crippen molar-refractivity contribution in [3.05, 3.63) is 66.0 Å². The number of nitrogens with one attached hydrogen (secondary N) is 1. The van der Waals surface area contributed by atoms with E-state index in [-0.39, 0.29) is 30.5 Å². The summed E-state index contributed by atoms with van der Waals surface area (Å²) in [6.07, 6.45) is 3.28. The van der Waals surface area contributed by atoms with Crippen molar-refractivity contribution in [3.63, 3.8) is 0 Å². The molecule has 0 aliphatic carbocycles. The Morgan fingerprint density at radius 2 is 1.84 bits per heavy atom. The first-order valence-corrected chi connectivity index (χ1v) is 11.7. The van der Waals surface area contributed by atoms with Gasteiger partial charge in [0.05, 0.1) is 18.4 Å². The van der Waals surface area contributed by atoms with Gasteiger partial charge >= 0.3 is 5.97 Å². The molecule has 9 heteroatoms. The van der Waals surface area contributed by atoms with Crippen LogP contribution in [0.3, 0.4) is 0 Å². The van der Waals surface area contributed by atoms with Crippen molar-refractivity contribution < 1.29 is 22.7 Å². The van der Waals surface area contributed by atoms with Crippen LogP contribution in [0.5, 0.6) is 0 Å². The minimum atomic E-state index is -3.74. The second-order valence-electron chi connectivity index (χ2n) is 7.49. The minimum absolute atomic E-state index is 0.208. The van der Waals surface area contributed by atoms with Crippen LogP contribution in [-0.2, 0) is 26.1 Å². The molecule has 1 unspecified atom stereocenters. The molecule has 0 fully saturated rings. The fourth-order valence-electron chi connectivity index (χ4n) is 3.01. The van der Waals surface area contributed by atoms with Crippen LogP contribution in [0.4, 0.5) is 0 Å². The molecule has 1 atom stereocenters. The zero-order valence-corrected chi connectivity index (χ0v) is 18.8. The Kier molecular flexibility index (Phi) is 9.14. The van der Waals surface area contributed by atoms with Crippen molar-refractivity contribution in [2.45, 2.75) is 32.9 Å². The Bertz CT molecular complexity index is 950. The van der Waals surface area contributed by atoms with Crippen LogP contribution in [0.2, 0.25) is 0 Å². The lowest BCUT2D eigenvalue weighted by Gasteiger charge is -2.24. The lowest BCUT2D eigenvalue weighted by molar-refractivity contribution is -0.143. The molecule has 0 saturated heterocycles. The van der Waals surface area contributed by atoms with Crippen molar-refractivity contribution >= 4 is 21.9 Å². The van der Waals surface area contributed by atoms with E-state index in [1.165, 1.54) is 13.3 Å². The molecule has 0 saturated carbocycles. The van der Waals surface area contributed by atoms with E-state index < -0.39 is 22.0 Å². The molecule has 31 heavy (non-hydrogen) atoms. The molecule has 0 spiro atoms. The Morgan fingerprint density at radius 3 is 2.42 bits per heavy atom. The van der Waals surface area contributed by atoms with Crippen molar-refractivity contribution in [2.75, 3.05) is 19.4 Å².